The van der Waals surface area contributed by atoms with Crippen molar-refractivity contribution >= 4 is 39.9 Å². The fraction of sp³-hybridized carbons (Fsp3) is 0.231. The third kappa shape index (κ3) is 4.21. The molecule has 0 saturated carbocycles. The zero-order valence-electron chi connectivity index (χ0n) is 19.2. The normalized spacial score (nSPS) is 14.2. The van der Waals surface area contributed by atoms with Gasteiger partial charge in [-0.15, -0.1) is 0 Å². The molecular formula is C26H24ClN5O3. The maximum Gasteiger partial charge on any atom is 0.287 e. The van der Waals surface area contributed by atoms with Crippen LogP contribution in [0.25, 0.3) is 22.2 Å². The van der Waals surface area contributed by atoms with Crippen molar-refractivity contribution in [1.29, 1.82) is 0 Å². The van der Waals surface area contributed by atoms with Crippen molar-refractivity contribution in [2.75, 3.05) is 31.1 Å². The summed E-state index contributed by atoms with van der Waals surface area (Å²) in [5, 5.41) is 12.3. The van der Waals surface area contributed by atoms with Gasteiger partial charge in [0.05, 0.1) is 26.7 Å². The first-order valence-corrected chi connectivity index (χ1v) is 11.8. The van der Waals surface area contributed by atoms with Crippen LogP contribution in [0.1, 0.15) is 16.8 Å². The maximum absolute atomic E-state index is 14.0. The van der Waals surface area contributed by atoms with Crippen LogP contribution in [0, 0.1) is 10.1 Å². The molecule has 8 nitrogen and oxygen atoms in total. The predicted octanol–water partition coefficient (Wildman–Crippen LogP) is 5.15. The van der Waals surface area contributed by atoms with Crippen molar-refractivity contribution in [3.05, 3.63) is 87.6 Å². The summed E-state index contributed by atoms with van der Waals surface area (Å²) in [6.45, 7) is 2.39. The fourth-order valence-electron chi connectivity index (χ4n) is 4.77. The van der Waals surface area contributed by atoms with Crippen LogP contribution < -0.4 is 4.90 Å². The van der Waals surface area contributed by atoms with Crippen molar-refractivity contribution in [3.8, 4) is 11.3 Å². The summed E-state index contributed by atoms with van der Waals surface area (Å²) in [6.07, 6.45) is 2.02. The molecule has 2 aromatic heterocycles. The number of fused-ring (bicyclic) bond motifs is 1. The highest BCUT2D eigenvalue weighted by atomic mass is 35.5. The maximum atomic E-state index is 14.0. The molecule has 1 saturated heterocycles. The van der Waals surface area contributed by atoms with Crippen LogP contribution in [0.2, 0.25) is 5.02 Å². The number of nitro groups is 1. The van der Waals surface area contributed by atoms with Gasteiger partial charge in [0.2, 0.25) is 0 Å². The van der Waals surface area contributed by atoms with E-state index >= 15 is 0 Å². The van der Waals surface area contributed by atoms with Gasteiger partial charge in [-0.2, -0.15) is 0 Å². The summed E-state index contributed by atoms with van der Waals surface area (Å²) >= 11 is 6.64. The molecule has 3 heterocycles. The van der Waals surface area contributed by atoms with E-state index in [1.807, 2.05) is 65.0 Å². The molecule has 178 valence electrons. The van der Waals surface area contributed by atoms with Gasteiger partial charge in [0.15, 0.2) is 0 Å². The van der Waals surface area contributed by atoms with Gasteiger partial charge in [-0.25, -0.2) is 4.98 Å². The number of hydrogen-bond donors (Lipinski definition) is 0. The lowest BCUT2D eigenvalue weighted by atomic mass is 10.0. The number of hydrogen-bond acceptors (Lipinski definition) is 5. The highest BCUT2D eigenvalue weighted by Crippen LogP contribution is 2.37. The van der Waals surface area contributed by atoms with Crippen LogP contribution in [-0.2, 0) is 7.05 Å². The van der Waals surface area contributed by atoms with Crippen molar-refractivity contribution < 1.29 is 9.72 Å². The second kappa shape index (κ2) is 9.38. The van der Waals surface area contributed by atoms with E-state index in [9.17, 15) is 14.9 Å². The minimum Gasteiger partial charge on any atom is -0.355 e. The Bertz CT molecular complexity index is 1400. The number of aromatic nitrogens is 2. The molecule has 1 fully saturated rings. The van der Waals surface area contributed by atoms with Crippen molar-refractivity contribution in [3.63, 3.8) is 0 Å². The molecule has 0 unspecified atom stereocenters. The molecule has 5 rings (SSSR count). The van der Waals surface area contributed by atoms with Crippen molar-refractivity contribution in [1.82, 2.24) is 14.5 Å². The number of amides is 1. The molecule has 0 radical (unpaired) electrons. The molecule has 1 amide bonds. The molecule has 4 aromatic rings. The molecule has 9 heteroatoms. The Morgan fingerprint density at radius 2 is 1.80 bits per heavy atom. The van der Waals surface area contributed by atoms with Gasteiger partial charge in [-0.1, -0.05) is 48.0 Å². The van der Waals surface area contributed by atoms with E-state index in [4.69, 9.17) is 11.6 Å². The van der Waals surface area contributed by atoms with Crippen LogP contribution in [0.4, 0.5) is 11.5 Å². The lowest BCUT2D eigenvalue weighted by Gasteiger charge is -2.23. The molecular weight excluding hydrogens is 466 g/mol. The van der Waals surface area contributed by atoms with E-state index < -0.39 is 4.92 Å². The standard InChI is InChI=1S/C26H24ClN5O3/c1-29-21-10-5-9-20(27)23(21)24(25(29)18-7-3-2-4-8-18)26(33)31-14-6-13-30(15-16-31)22-12-11-19(17-28-22)32(34)35/h2-5,7-12,17H,6,13-16H2,1H3. The molecule has 0 bridgehead atoms. The van der Waals surface area contributed by atoms with Gasteiger partial charge in [0.1, 0.15) is 12.0 Å². The molecule has 0 aliphatic carbocycles. The number of anilines is 1. The Kier molecular flexibility index (Phi) is 6.13. The number of aryl methyl sites for hydroxylation is 1. The summed E-state index contributed by atoms with van der Waals surface area (Å²) in [4.78, 5) is 32.7. The number of rotatable bonds is 4. The van der Waals surface area contributed by atoms with E-state index in [1.54, 1.807) is 6.07 Å². The first-order chi connectivity index (χ1) is 17.0. The first-order valence-electron chi connectivity index (χ1n) is 11.4. The van der Waals surface area contributed by atoms with E-state index in [0.717, 1.165) is 28.6 Å². The molecule has 0 spiro atoms. The quantitative estimate of drug-likeness (QED) is 0.292. The summed E-state index contributed by atoms with van der Waals surface area (Å²) in [6, 6.07) is 18.7. The average molecular weight is 490 g/mol. The highest BCUT2D eigenvalue weighted by Gasteiger charge is 2.29. The number of benzene rings is 2. The lowest BCUT2D eigenvalue weighted by molar-refractivity contribution is -0.385. The third-order valence-corrected chi connectivity index (χ3v) is 6.80. The second-order valence-corrected chi connectivity index (χ2v) is 8.95. The van der Waals surface area contributed by atoms with E-state index in [2.05, 4.69) is 9.88 Å². The Labute approximate surface area is 207 Å². The smallest absolute Gasteiger partial charge is 0.287 e. The predicted molar refractivity (Wildman–Crippen MR) is 137 cm³/mol. The van der Waals surface area contributed by atoms with Crippen LogP contribution in [0.3, 0.4) is 0 Å². The van der Waals surface area contributed by atoms with E-state index in [0.29, 0.717) is 42.6 Å². The van der Waals surface area contributed by atoms with E-state index in [-0.39, 0.29) is 11.6 Å². The summed E-state index contributed by atoms with van der Waals surface area (Å²) in [7, 11) is 1.96. The number of carbonyl (C=O) groups excluding carboxylic acids is 1. The van der Waals surface area contributed by atoms with Gasteiger partial charge in [-0.3, -0.25) is 14.9 Å². The highest BCUT2D eigenvalue weighted by molar-refractivity contribution is 6.37. The SMILES string of the molecule is Cn1c(-c2ccccc2)c(C(=O)N2CCCN(c3ccc([N+](=O)[O-])cn3)CC2)c2c(Cl)cccc21. The number of halogens is 1. The Morgan fingerprint density at radius 3 is 2.51 bits per heavy atom. The third-order valence-electron chi connectivity index (χ3n) is 6.49. The zero-order valence-corrected chi connectivity index (χ0v) is 20.0. The van der Waals surface area contributed by atoms with Crippen LogP contribution in [-0.4, -0.2) is 51.5 Å². The van der Waals surface area contributed by atoms with Crippen LogP contribution in [0.15, 0.2) is 66.9 Å². The van der Waals surface area contributed by atoms with Gasteiger partial charge < -0.3 is 14.4 Å². The molecule has 35 heavy (non-hydrogen) atoms. The van der Waals surface area contributed by atoms with Crippen molar-refractivity contribution in [2.45, 2.75) is 6.42 Å². The number of carbonyl (C=O) groups is 1. The Morgan fingerprint density at radius 1 is 1.00 bits per heavy atom. The number of nitrogens with zero attached hydrogens (tertiary/aromatic N) is 5. The van der Waals surface area contributed by atoms with E-state index in [1.165, 1.54) is 12.3 Å². The number of pyridine rings is 1. The lowest BCUT2D eigenvalue weighted by Crippen LogP contribution is -2.35. The molecule has 0 atom stereocenters. The van der Waals surface area contributed by atoms with Gasteiger partial charge in [0, 0.05) is 44.7 Å². The van der Waals surface area contributed by atoms with Gasteiger partial charge in [0.25, 0.3) is 11.6 Å². The van der Waals surface area contributed by atoms with Gasteiger partial charge in [-0.05, 0) is 30.2 Å². The van der Waals surface area contributed by atoms with Crippen LogP contribution in [0.5, 0.6) is 0 Å². The Balaban J connectivity index is 1.48. The topological polar surface area (TPSA) is 84.5 Å². The largest absolute Gasteiger partial charge is 0.355 e. The minimum atomic E-state index is -0.459. The fourth-order valence-corrected chi connectivity index (χ4v) is 5.03. The van der Waals surface area contributed by atoms with Crippen LogP contribution >= 0.6 is 11.6 Å². The molecule has 2 aromatic carbocycles. The minimum absolute atomic E-state index is 0.0401. The summed E-state index contributed by atoms with van der Waals surface area (Å²) in [5.41, 5.74) is 3.28. The zero-order chi connectivity index (χ0) is 24.5. The Hall–Kier alpha value is -3.91. The average Bonchev–Trinajstić information content (AvgIpc) is 3.01. The van der Waals surface area contributed by atoms with Gasteiger partial charge >= 0.3 is 0 Å². The molecule has 1 aliphatic rings. The molecule has 0 N–H and O–H groups in total. The second-order valence-electron chi connectivity index (χ2n) is 8.55. The summed E-state index contributed by atoms with van der Waals surface area (Å²) in [5.74, 6) is 0.615. The monoisotopic (exact) mass is 489 g/mol. The van der Waals surface area contributed by atoms with Crippen molar-refractivity contribution in [2.24, 2.45) is 7.05 Å². The summed E-state index contributed by atoms with van der Waals surface area (Å²) < 4.78 is 2.04. The molecule has 1 aliphatic heterocycles. The first kappa shape index (κ1) is 22.9.